The third-order valence-electron chi connectivity index (χ3n) is 3.48. The van der Waals surface area contributed by atoms with Gasteiger partial charge in [-0.2, -0.15) is 0 Å². The zero-order valence-electron chi connectivity index (χ0n) is 15.4. The van der Waals surface area contributed by atoms with Gasteiger partial charge in [-0.25, -0.2) is 0 Å². The van der Waals surface area contributed by atoms with Crippen LogP contribution >= 0.6 is 0 Å². The molecule has 1 rings (SSSR count). The summed E-state index contributed by atoms with van der Waals surface area (Å²) in [6, 6.07) is 6.89. The lowest BCUT2D eigenvalue weighted by molar-refractivity contribution is -0.129. The molecule has 0 aliphatic rings. The number of hydrogen-bond acceptors (Lipinski definition) is 4. The minimum atomic E-state index is -0.603. The highest BCUT2D eigenvalue weighted by atomic mass is 16.2. The van der Waals surface area contributed by atoms with Crippen molar-refractivity contribution >= 4 is 23.4 Å². The Morgan fingerprint density at radius 2 is 1.68 bits per heavy atom. The fourth-order valence-electron chi connectivity index (χ4n) is 2.14. The largest absolute Gasteiger partial charge is 0.354 e. The summed E-state index contributed by atoms with van der Waals surface area (Å²) in [6.07, 6.45) is 0.839. The minimum Gasteiger partial charge on any atom is -0.354 e. The molecule has 1 aromatic carbocycles. The summed E-state index contributed by atoms with van der Waals surface area (Å²) < 4.78 is 0. The maximum absolute atomic E-state index is 12.0. The van der Waals surface area contributed by atoms with Crippen LogP contribution in [0.3, 0.4) is 0 Å². The number of likely N-dealkylation sites (N-methyl/N-ethyl adjacent to an activating group) is 1. The monoisotopic (exact) mass is 348 g/mol. The number of anilines is 1. The summed E-state index contributed by atoms with van der Waals surface area (Å²) in [5.41, 5.74) is 1.83. The third kappa shape index (κ3) is 8.30. The fourth-order valence-corrected chi connectivity index (χ4v) is 2.14. The normalized spacial score (nSPS) is 11.7. The van der Waals surface area contributed by atoms with Gasteiger partial charge < -0.3 is 16.0 Å². The number of aryl methyl sites for hydroxylation is 1. The van der Waals surface area contributed by atoms with Crippen molar-refractivity contribution in [1.29, 1.82) is 0 Å². The molecule has 1 atom stereocenters. The van der Waals surface area contributed by atoms with Crippen molar-refractivity contribution in [3.05, 3.63) is 29.8 Å². The smallest absolute Gasteiger partial charge is 0.242 e. The molecule has 0 spiro atoms. The van der Waals surface area contributed by atoms with Gasteiger partial charge in [-0.15, -0.1) is 0 Å². The van der Waals surface area contributed by atoms with E-state index in [1.165, 1.54) is 0 Å². The van der Waals surface area contributed by atoms with Crippen LogP contribution < -0.4 is 16.0 Å². The maximum Gasteiger partial charge on any atom is 0.242 e. The number of nitrogens with one attached hydrogen (secondary N) is 3. The van der Waals surface area contributed by atoms with E-state index in [1.54, 1.807) is 18.9 Å². The molecule has 25 heavy (non-hydrogen) atoms. The molecule has 1 aromatic rings. The molecule has 0 radical (unpaired) electrons. The van der Waals surface area contributed by atoms with Crippen LogP contribution in [0.4, 0.5) is 5.69 Å². The molecule has 3 amide bonds. The SMILES string of the molecule is CCCNC(=O)[C@H](C)NC(=O)CN(C)CC(=O)Nc1ccc(C)cc1. The summed E-state index contributed by atoms with van der Waals surface area (Å²) in [4.78, 5) is 37.3. The van der Waals surface area contributed by atoms with Crippen LogP contribution in [-0.2, 0) is 14.4 Å². The Hall–Kier alpha value is -2.41. The Morgan fingerprint density at radius 3 is 2.28 bits per heavy atom. The molecule has 0 heterocycles. The van der Waals surface area contributed by atoms with E-state index in [0.717, 1.165) is 17.7 Å². The lowest BCUT2D eigenvalue weighted by atomic mass is 10.2. The van der Waals surface area contributed by atoms with E-state index in [4.69, 9.17) is 0 Å². The van der Waals surface area contributed by atoms with E-state index in [0.29, 0.717) is 6.54 Å². The van der Waals surface area contributed by atoms with Gasteiger partial charge in [0.15, 0.2) is 0 Å². The van der Waals surface area contributed by atoms with Crippen LogP contribution in [0, 0.1) is 6.92 Å². The van der Waals surface area contributed by atoms with Crippen LogP contribution in [0.2, 0.25) is 0 Å². The fraction of sp³-hybridized carbons (Fsp3) is 0.500. The van der Waals surface area contributed by atoms with Gasteiger partial charge >= 0.3 is 0 Å². The van der Waals surface area contributed by atoms with Gasteiger partial charge in [0, 0.05) is 12.2 Å². The first kappa shape index (κ1) is 20.6. The van der Waals surface area contributed by atoms with Crippen molar-refractivity contribution in [2.75, 3.05) is 32.0 Å². The molecule has 138 valence electrons. The molecule has 0 unspecified atom stereocenters. The number of carbonyl (C=O) groups is 3. The molecule has 7 heteroatoms. The lowest BCUT2D eigenvalue weighted by Gasteiger charge is -2.18. The van der Waals surface area contributed by atoms with Crippen LogP contribution in [0.5, 0.6) is 0 Å². The molecule has 0 fully saturated rings. The number of benzene rings is 1. The third-order valence-corrected chi connectivity index (χ3v) is 3.48. The van der Waals surface area contributed by atoms with Gasteiger partial charge in [-0.05, 0) is 39.4 Å². The maximum atomic E-state index is 12.0. The Bertz CT molecular complexity index is 586. The van der Waals surface area contributed by atoms with Crippen molar-refractivity contribution < 1.29 is 14.4 Å². The van der Waals surface area contributed by atoms with Crippen molar-refractivity contribution in [3.8, 4) is 0 Å². The first-order valence-corrected chi connectivity index (χ1v) is 8.44. The zero-order chi connectivity index (χ0) is 18.8. The predicted molar refractivity (Wildman–Crippen MR) is 98.2 cm³/mol. The van der Waals surface area contributed by atoms with Crippen molar-refractivity contribution in [2.45, 2.75) is 33.2 Å². The highest BCUT2D eigenvalue weighted by Crippen LogP contribution is 2.08. The molecule has 0 bridgehead atoms. The average molecular weight is 348 g/mol. The summed E-state index contributed by atoms with van der Waals surface area (Å²) in [5, 5.41) is 8.13. The number of carbonyl (C=O) groups excluding carboxylic acids is 3. The summed E-state index contributed by atoms with van der Waals surface area (Å²) >= 11 is 0. The molecule has 0 aromatic heterocycles. The second-order valence-electron chi connectivity index (χ2n) is 6.17. The Labute approximate surface area is 149 Å². The summed E-state index contributed by atoms with van der Waals surface area (Å²) in [5.74, 6) is -0.715. The highest BCUT2D eigenvalue weighted by Gasteiger charge is 2.17. The quantitative estimate of drug-likeness (QED) is 0.618. The Kier molecular flexibility index (Phi) is 8.63. The van der Waals surface area contributed by atoms with E-state index in [2.05, 4.69) is 16.0 Å². The summed E-state index contributed by atoms with van der Waals surface area (Å²) in [6.45, 7) is 6.26. The van der Waals surface area contributed by atoms with Gasteiger partial charge in [-0.1, -0.05) is 24.6 Å². The van der Waals surface area contributed by atoms with Crippen molar-refractivity contribution in [1.82, 2.24) is 15.5 Å². The average Bonchev–Trinajstić information content (AvgIpc) is 2.54. The van der Waals surface area contributed by atoms with Gasteiger partial charge in [0.1, 0.15) is 6.04 Å². The van der Waals surface area contributed by atoms with Gasteiger partial charge in [0.25, 0.3) is 0 Å². The van der Waals surface area contributed by atoms with Crippen LogP contribution in [0.1, 0.15) is 25.8 Å². The van der Waals surface area contributed by atoms with Crippen molar-refractivity contribution in [2.24, 2.45) is 0 Å². The first-order chi connectivity index (χ1) is 11.8. The molecular formula is C18H28N4O3. The molecule has 3 N–H and O–H groups in total. The topological polar surface area (TPSA) is 90.5 Å². The molecular weight excluding hydrogens is 320 g/mol. The molecule has 0 saturated heterocycles. The number of amides is 3. The van der Waals surface area contributed by atoms with Crippen LogP contribution in [0.25, 0.3) is 0 Å². The van der Waals surface area contributed by atoms with E-state index in [9.17, 15) is 14.4 Å². The van der Waals surface area contributed by atoms with Crippen LogP contribution in [-0.4, -0.2) is 55.3 Å². The Morgan fingerprint density at radius 1 is 1.08 bits per heavy atom. The minimum absolute atomic E-state index is 0.0344. The number of rotatable bonds is 9. The standard InChI is InChI=1S/C18H28N4O3/c1-5-10-19-18(25)14(3)20-16(23)11-22(4)12-17(24)21-15-8-6-13(2)7-9-15/h6-9,14H,5,10-12H2,1-4H3,(H,19,25)(H,20,23)(H,21,24)/t14-/m0/s1. The Balaban J connectivity index is 2.35. The predicted octanol–water partition coefficient (Wildman–Crippen LogP) is 0.896. The molecule has 7 nitrogen and oxygen atoms in total. The van der Waals surface area contributed by atoms with Crippen LogP contribution in [0.15, 0.2) is 24.3 Å². The number of hydrogen-bond donors (Lipinski definition) is 3. The summed E-state index contributed by atoms with van der Waals surface area (Å²) in [7, 11) is 1.68. The second kappa shape index (κ2) is 10.5. The van der Waals surface area contributed by atoms with E-state index >= 15 is 0 Å². The highest BCUT2D eigenvalue weighted by molar-refractivity contribution is 5.93. The number of nitrogens with zero attached hydrogens (tertiary/aromatic N) is 1. The molecule has 0 aliphatic carbocycles. The molecule has 0 aliphatic heterocycles. The van der Waals surface area contributed by atoms with E-state index in [1.807, 2.05) is 38.1 Å². The van der Waals surface area contributed by atoms with E-state index in [-0.39, 0.29) is 30.8 Å². The van der Waals surface area contributed by atoms with Crippen molar-refractivity contribution in [3.63, 3.8) is 0 Å². The van der Waals surface area contributed by atoms with Gasteiger partial charge in [-0.3, -0.25) is 19.3 Å². The second-order valence-corrected chi connectivity index (χ2v) is 6.17. The molecule has 0 saturated carbocycles. The zero-order valence-corrected chi connectivity index (χ0v) is 15.4. The first-order valence-electron chi connectivity index (χ1n) is 8.44. The van der Waals surface area contributed by atoms with Gasteiger partial charge in [0.2, 0.25) is 17.7 Å². The van der Waals surface area contributed by atoms with Gasteiger partial charge in [0.05, 0.1) is 13.1 Å². The lowest BCUT2D eigenvalue weighted by Crippen LogP contribution is -2.48. The van der Waals surface area contributed by atoms with E-state index < -0.39 is 6.04 Å².